The first kappa shape index (κ1) is 12.7. The maximum absolute atomic E-state index is 11.9. The molecule has 1 heterocycles. The van der Waals surface area contributed by atoms with E-state index in [1.165, 1.54) is 0 Å². The molecule has 0 radical (unpaired) electrons. The summed E-state index contributed by atoms with van der Waals surface area (Å²) in [7, 11) is 0. The molecule has 0 aliphatic carbocycles. The Morgan fingerprint density at radius 3 is 2.60 bits per heavy atom. The van der Waals surface area contributed by atoms with Crippen LogP contribution in [0.25, 0.3) is 0 Å². The second-order valence-corrected chi connectivity index (χ2v) is 3.86. The van der Waals surface area contributed by atoms with Crippen molar-refractivity contribution in [1.82, 2.24) is 5.32 Å². The van der Waals surface area contributed by atoms with Gasteiger partial charge < -0.3 is 15.2 Å². The van der Waals surface area contributed by atoms with Gasteiger partial charge in [-0.1, -0.05) is 0 Å². The molecule has 6 heteroatoms. The minimum atomic E-state index is -4.54. The van der Waals surface area contributed by atoms with Crippen LogP contribution in [0, 0.1) is 0 Å². The van der Waals surface area contributed by atoms with E-state index in [0.717, 1.165) is 12.8 Å². The summed E-state index contributed by atoms with van der Waals surface area (Å²) in [5, 5.41) is 11.2. The lowest BCUT2D eigenvalue weighted by molar-refractivity contribution is -0.202. The van der Waals surface area contributed by atoms with Gasteiger partial charge >= 0.3 is 6.18 Å². The fraction of sp³-hybridized carbons (Fsp3) is 1.00. The van der Waals surface area contributed by atoms with Crippen LogP contribution in [-0.2, 0) is 4.74 Å². The lowest BCUT2D eigenvalue weighted by Gasteiger charge is -2.17. The van der Waals surface area contributed by atoms with Crippen molar-refractivity contribution in [2.45, 2.75) is 44.3 Å². The van der Waals surface area contributed by atoms with Crippen LogP contribution in [0.3, 0.4) is 0 Å². The van der Waals surface area contributed by atoms with Crippen molar-refractivity contribution in [3.8, 4) is 0 Å². The highest BCUT2D eigenvalue weighted by Gasteiger charge is 2.37. The van der Waals surface area contributed by atoms with Gasteiger partial charge in [-0.3, -0.25) is 0 Å². The number of hydrogen-bond donors (Lipinski definition) is 2. The summed E-state index contributed by atoms with van der Waals surface area (Å²) >= 11 is 0. The summed E-state index contributed by atoms with van der Waals surface area (Å²) in [6, 6.07) is 0. The highest BCUT2D eigenvalue weighted by Crippen LogP contribution is 2.20. The van der Waals surface area contributed by atoms with Gasteiger partial charge in [0.2, 0.25) is 0 Å². The van der Waals surface area contributed by atoms with Crippen molar-refractivity contribution in [2.75, 3.05) is 13.1 Å². The molecule has 0 aromatic heterocycles. The van der Waals surface area contributed by atoms with Gasteiger partial charge in [0.25, 0.3) is 0 Å². The molecule has 2 N–H and O–H groups in total. The number of halogens is 3. The zero-order chi connectivity index (χ0) is 11.5. The summed E-state index contributed by atoms with van der Waals surface area (Å²) in [6.45, 7) is 1.82. The molecule has 90 valence electrons. The fourth-order valence-electron chi connectivity index (χ4n) is 1.53. The van der Waals surface area contributed by atoms with Crippen LogP contribution in [0.1, 0.15) is 19.8 Å². The molecule has 0 saturated carbocycles. The van der Waals surface area contributed by atoms with E-state index in [1.807, 2.05) is 6.92 Å². The molecule has 1 fully saturated rings. The Kier molecular flexibility index (Phi) is 4.36. The number of ether oxygens (including phenoxy) is 1. The topological polar surface area (TPSA) is 41.5 Å². The maximum atomic E-state index is 11.9. The van der Waals surface area contributed by atoms with E-state index in [9.17, 15) is 13.2 Å². The predicted molar refractivity (Wildman–Crippen MR) is 48.5 cm³/mol. The highest BCUT2D eigenvalue weighted by atomic mass is 19.4. The first-order valence-corrected chi connectivity index (χ1v) is 5.00. The second kappa shape index (κ2) is 5.14. The van der Waals surface area contributed by atoms with E-state index in [0.29, 0.717) is 6.54 Å². The molecule has 0 bridgehead atoms. The SMILES string of the molecule is CC1CCC(CNCC(O)C(F)(F)F)O1. The van der Waals surface area contributed by atoms with Crippen LogP contribution >= 0.6 is 0 Å². The first-order valence-electron chi connectivity index (χ1n) is 5.00. The number of hydrogen-bond acceptors (Lipinski definition) is 3. The Morgan fingerprint density at radius 1 is 1.47 bits per heavy atom. The third kappa shape index (κ3) is 4.36. The van der Waals surface area contributed by atoms with Crippen LogP contribution in [0.15, 0.2) is 0 Å². The molecule has 0 amide bonds. The van der Waals surface area contributed by atoms with Gasteiger partial charge in [0.05, 0.1) is 12.2 Å². The molecule has 1 saturated heterocycles. The summed E-state index contributed by atoms with van der Waals surface area (Å²) in [6.07, 6.45) is -4.89. The monoisotopic (exact) mass is 227 g/mol. The van der Waals surface area contributed by atoms with Gasteiger partial charge in [0, 0.05) is 13.1 Å². The van der Waals surface area contributed by atoms with Gasteiger partial charge in [0.1, 0.15) is 0 Å². The average molecular weight is 227 g/mol. The fourth-order valence-corrected chi connectivity index (χ4v) is 1.53. The van der Waals surface area contributed by atoms with Gasteiger partial charge in [-0.15, -0.1) is 0 Å². The smallest absolute Gasteiger partial charge is 0.382 e. The molecule has 0 aromatic rings. The minimum absolute atomic E-state index is 0.0274. The number of nitrogens with one attached hydrogen (secondary N) is 1. The molecule has 0 spiro atoms. The normalized spacial score (nSPS) is 29.4. The van der Waals surface area contributed by atoms with Gasteiger partial charge in [-0.25, -0.2) is 0 Å². The van der Waals surface area contributed by atoms with Crippen molar-refractivity contribution < 1.29 is 23.0 Å². The lowest BCUT2D eigenvalue weighted by Crippen LogP contribution is -2.40. The van der Waals surface area contributed by atoms with E-state index < -0.39 is 18.8 Å². The van der Waals surface area contributed by atoms with Crippen molar-refractivity contribution >= 4 is 0 Å². The molecule has 1 aliphatic rings. The highest BCUT2D eigenvalue weighted by molar-refractivity contribution is 4.74. The number of aliphatic hydroxyl groups is 1. The Hall–Kier alpha value is -0.330. The van der Waals surface area contributed by atoms with Gasteiger partial charge in [0.15, 0.2) is 6.10 Å². The lowest BCUT2D eigenvalue weighted by atomic mass is 10.2. The van der Waals surface area contributed by atoms with Crippen molar-refractivity contribution in [2.24, 2.45) is 0 Å². The molecule has 15 heavy (non-hydrogen) atoms. The quantitative estimate of drug-likeness (QED) is 0.754. The molecule has 1 aliphatic heterocycles. The zero-order valence-corrected chi connectivity index (χ0v) is 8.55. The molecule has 0 aromatic carbocycles. The summed E-state index contributed by atoms with van der Waals surface area (Å²) in [5.74, 6) is 0. The summed E-state index contributed by atoms with van der Waals surface area (Å²) in [4.78, 5) is 0. The second-order valence-electron chi connectivity index (χ2n) is 3.86. The van der Waals surface area contributed by atoms with E-state index in [-0.39, 0.29) is 12.2 Å². The Morgan fingerprint density at radius 2 is 2.13 bits per heavy atom. The van der Waals surface area contributed by atoms with Gasteiger partial charge in [-0.2, -0.15) is 13.2 Å². The third-order valence-electron chi connectivity index (χ3n) is 2.41. The summed E-state index contributed by atoms with van der Waals surface area (Å²) < 4.78 is 41.1. The van der Waals surface area contributed by atoms with E-state index >= 15 is 0 Å². The predicted octanol–water partition coefficient (Wildman–Crippen LogP) is 1.07. The Bertz CT molecular complexity index is 198. The van der Waals surface area contributed by atoms with Crippen molar-refractivity contribution in [3.63, 3.8) is 0 Å². The zero-order valence-electron chi connectivity index (χ0n) is 8.55. The van der Waals surface area contributed by atoms with E-state index in [2.05, 4.69) is 5.32 Å². The third-order valence-corrected chi connectivity index (χ3v) is 2.41. The van der Waals surface area contributed by atoms with Crippen LogP contribution in [0.2, 0.25) is 0 Å². The van der Waals surface area contributed by atoms with Crippen LogP contribution in [0.5, 0.6) is 0 Å². The van der Waals surface area contributed by atoms with E-state index in [4.69, 9.17) is 9.84 Å². The maximum Gasteiger partial charge on any atom is 0.415 e. The number of aliphatic hydroxyl groups excluding tert-OH is 1. The Labute approximate surface area is 86.6 Å². The standard InChI is InChI=1S/C9H16F3NO2/c1-6-2-3-7(15-6)4-13-5-8(14)9(10,11)12/h6-8,13-14H,2-5H2,1H3. The number of rotatable bonds is 4. The van der Waals surface area contributed by atoms with E-state index in [1.54, 1.807) is 0 Å². The molecular formula is C9H16F3NO2. The van der Waals surface area contributed by atoms with Crippen molar-refractivity contribution in [1.29, 1.82) is 0 Å². The largest absolute Gasteiger partial charge is 0.415 e. The molecule has 1 rings (SSSR count). The first-order chi connectivity index (χ1) is 6.89. The van der Waals surface area contributed by atoms with Crippen LogP contribution in [0.4, 0.5) is 13.2 Å². The van der Waals surface area contributed by atoms with Gasteiger partial charge in [-0.05, 0) is 19.8 Å². The van der Waals surface area contributed by atoms with Crippen molar-refractivity contribution in [3.05, 3.63) is 0 Å². The minimum Gasteiger partial charge on any atom is -0.382 e. The Balaban J connectivity index is 2.11. The van der Waals surface area contributed by atoms with Crippen LogP contribution in [-0.4, -0.2) is 42.7 Å². The summed E-state index contributed by atoms with van der Waals surface area (Å²) in [5.41, 5.74) is 0. The molecular weight excluding hydrogens is 211 g/mol. The average Bonchev–Trinajstić information content (AvgIpc) is 2.49. The number of alkyl halides is 3. The molecule has 3 unspecified atom stereocenters. The van der Waals surface area contributed by atoms with Crippen LogP contribution < -0.4 is 5.32 Å². The molecule has 3 nitrogen and oxygen atoms in total. The molecule has 3 atom stereocenters.